The van der Waals surface area contributed by atoms with Crippen molar-refractivity contribution in [3.05, 3.63) is 98.9 Å². The number of rotatable bonds is 7. The molecule has 35 heavy (non-hydrogen) atoms. The van der Waals surface area contributed by atoms with Crippen LogP contribution in [0.1, 0.15) is 22.3 Å². The van der Waals surface area contributed by atoms with Gasteiger partial charge in [-0.15, -0.1) is 0 Å². The maximum Gasteiger partial charge on any atom is 0.294 e. The number of carbonyl (C=O) groups is 3. The lowest BCUT2D eigenvalue weighted by Crippen LogP contribution is -2.36. The summed E-state index contributed by atoms with van der Waals surface area (Å²) in [6.07, 6.45) is 1.61. The third-order valence-corrected chi connectivity index (χ3v) is 6.64. The van der Waals surface area contributed by atoms with Crippen LogP contribution in [-0.4, -0.2) is 28.5 Å². The number of hydrogen-bond acceptors (Lipinski definition) is 5. The predicted octanol–water partition coefficient (Wildman–Crippen LogP) is 6.21. The Morgan fingerprint density at radius 1 is 1.03 bits per heavy atom. The fraction of sp³-hybridized carbons (Fsp3) is 0.148. The number of nitrogens with one attached hydrogen (secondary N) is 1. The lowest BCUT2D eigenvalue weighted by Gasteiger charge is -2.13. The van der Waals surface area contributed by atoms with E-state index in [0.29, 0.717) is 28.6 Å². The van der Waals surface area contributed by atoms with Crippen molar-refractivity contribution in [1.82, 2.24) is 4.90 Å². The molecule has 1 aliphatic heterocycles. The zero-order chi connectivity index (χ0) is 24.9. The number of thioether (sulfide) groups is 1. The fourth-order valence-corrected chi connectivity index (χ4v) is 4.37. The Kier molecular flexibility index (Phi) is 7.58. The molecule has 6 nitrogen and oxygen atoms in total. The molecule has 0 atom stereocenters. The molecular weight excluding hydrogens is 484 g/mol. The molecule has 0 radical (unpaired) electrons. The SMILES string of the molecule is Cc1ccc(NC(=O)CN2C(=O)S/C(=C/c3ccccc3OCc3ccc(Cl)cc3)C2=O)cc1C. The number of aryl methyl sites for hydroxylation is 2. The van der Waals surface area contributed by atoms with Crippen LogP contribution in [-0.2, 0) is 16.2 Å². The Hall–Kier alpha value is -3.55. The third kappa shape index (κ3) is 6.12. The Labute approximate surface area is 212 Å². The second kappa shape index (κ2) is 10.8. The topological polar surface area (TPSA) is 75.7 Å². The molecule has 0 saturated carbocycles. The van der Waals surface area contributed by atoms with Gasteiger partial charge in [0, 0.05) is 16.3 Å². The minimum absolute atomic E-state index is 0.233. The first-order valence-corrected chi connectivity index (χ1v) is 12.1. The van der Waals surface area contributed by atoms with Crippen LogP contribution in [0.4, 0.5) is 10.5 Å². The normalized spacial score (nSPS) is 14.5. The highest BCUT2D eigenvalue weighted by Gasteiger charge is 2.36. The van der Waals surface area contributed by atoms with Crippen LogP contribution >= 0.6 is 23.4 Å². The molecule has 1 N–H and O–H groups in total. The lowest BCUT2D eigenvalue weighted by atomic mass is 10.1. The molecule has 0 unspecified atom stereocenters. The van der Waals surface area contributed by atoms with Gasteiger partial charge in [0.15, 0.2) is 0 Å². The number of anilines is 1. The monoisotopic (exact) mass is 506 g/mol. The van der Waals surface area contributed by atoms with Crippen LogP contribution < -0.4 is 10.1 Å². The van der Waals surface area contributed by atoms with E-state index in [0.717, 1.165) is 33.4 Å². The van der Waals surface area contributed by atoms with Crippen LogP contribution in [0.2, 0.25) is 5.02 Å². The van der Waals surface area contributed by atoms with Crippen LogP contribution in [0.5, 0.6) is 5.75 Å². The quantitative estimate of drug-likeness (QED) is 0.385. The van der Waals surface area contributed by atoms with Gasteiger partial charge in [0.2, 0.25) is 5.91 Å². The molecule has 0 aromatic heterocycles. The largest absolute Gasteiger partial charge is 0.488 e. The van der Waals surface area contributed by atoms with E-state index >= 15 is 0 Å². The number of imide groups is 1. The molecule has 1 saturated heterocycles. The van der Waals surface area contributed by atoms with Gasteiger partial charge in [-0.25, -0.2) is 0 Å². The van der Waals surface area contributed by atoms with Gasteiger partial charge in [0.25, 0.3) is 11.1 Å². The summed E-state index contributed by atoms with van der Waals surface area (Å²) in [7, 11) is 0. The van der Waals surface area contributed by atoms with Gasteiger partial charge >= 0.3 is 0 Å². The Balaban J connectivity index is 1.44. The van der Waals surface area contributed by atoms with E-state index in [1.54, 1.807) is 36.4 Å². The number of amides is 3. The van der Waals surface area contributed by atoms with Crippen molar-refractivity contribution >= 4 is 52.2 Å². The van der Waals surface area contributed by atoms with Gasteiger partial charge in [-0.3, -0.25) is 19.3 Å². The van der Waals surface area contributed by atoms with E-state index < -0.39 is 17.1 Å². The molecule has 1 fully saturated rings. The summed E-state index contributed by atoms with van der Waals surface area (Å²) >= 11 is 6.73. The standard InChI is InChI=1S/C27H23ClN2O4S/c1-17-7-12-22(13-18(17)2)29-25(31)15-30-26(32)24(35-27(30)33)14-20-5-3-4-6-23(20)34-16-19-8-10-21(28)11-9-19/h3-14H,15-16H2,1-2H3,(H,29,31)/b24-14+. The zero-order valence-electron chi connectivity index (χ0n) is 19.2. The van der Waals surface area contributed by atoms with Crippen LogP contribution in [0.25, 0.3) is 6.08 Å². The average Bonchev–Trinajstić information content (AvgIpc) is 3.09. The van der Waals surface area contributed by atoms with Crippen molar-refractivity contribution in [2.24, 2.45) is 0 Å². The maximum absolute atomic E-state index is 12.9. The second-order valence-corrected chi connectivity index (χ2v) is 9.50. The van der Waals surface area contributed by atoms with Gasteiger partial charge in [0.1, 0.15) is 18.9 Å². The first-order chi connectivity index (χ1) is 16.8. The van der Waals surface area contributed by atoms with Crippen LogP contribution in [0.15, 0.2) is 71.6 Å². The Morgan fingerprint density at radius 2 is 1.77 bits per heavy atom. The first-order valence-electron chi connectivity index (χ1n) is 10.9. The summed E-state index contributed by atoms with van der Waals surface area (Å²) in [6, 6.07) is 20.1. The molecule has 1 aliphatic rings. The van der Waals surface area contributed by atoms with Crippen molar-refractivity contribution in [3.8, 4) is 5.75 Å². The smallest absolute Gasteiger partial charge is 0.294 e. The lowest BCUT2D eigenvalue weighted by molar-refractivity contribution is -0.127. The van der Waals surface area contributed by atoms with E-state index in [1.807, 2.05) is 50.2 Å². The molecule has 3 aromatic rings. The maximum atomic E-state index is 12.9. The molecule has 1 heterocycles. The Morgan fingerprint density at radius 3 is 2.51 bits per heavy atom. The molecule has 0 bridgehead atoms. The van der Waals surface area contributed by atoms with Gasteiger partial charge in [-0.05, 0) is 78.7 Å². The van der Waals surface area contributed by atoms with Crippen molar-refractivity contribution in [2.75, 3.05) is 11.9 Å². The van der Waals surface area contributed by atoms with Gasteiger partial charge < -0.3 is 10.1 Å². The predicted molar refractivity (Wildman–Crippen MR) is 139 cm³/mol. The number of benzene rings is 3. The number of nitrogens with zero attached hydrogens (tertiary/aromatic N) is 1. The van der Waals surface area contributed by atoms with Gasteiger partial charge in [-0.2, -0.15) is 0 Å². The summed E-state index contributed by atoms with van der Waals surface area (Å²) < 4.78 is 5.94. The first kappa shape index (κ1) is 24.6. The number of para-hydroxylation sites is 1. The van der Waals surface area contributed by atoms with E-state index in [9.17, 15) is 14.4 Å². The second-order valence-electron chi connectivity index (χ2n) is 8.07. The van der Waals surface area contributed by atoms with Crippen molar-refractivity contribution in [1.29, 1.82) is 0 Å². The third-order valence-electron chi connectivity index (χ3n) is 5.48. The van der Waals surface area contributed by atoms with Crippen molar-refractivity contribution in [2.45, 2.75) is 20.5 Å². The highest BCUT2D eigenvalue weighted by Crippen LogP contribution is 2.34. The van der Waals surface area contributed by atoms with Crippen LogP contribution in [0, 0.1) is 13.8 Å². The molecule has 178 valence electrons. The van der Waals surface area contributed by atoms with E-state index in [4.69, 9.17) is 16.3 Å². The minimum atomic E-state index is -0.511. The van der Waals surface area contributed by atoms with Crippen molar-refractivity contribution < 1.29 is 19.1 Å². The molecular formula is C27H23ClN2O4S. The summed E-state index contributed by atoms with van der Waals surface area (Å²) in [5, 5.41) is 2.90. The Bertz CT molecular complexity index is 1320. The highest BCUT2D eigenvalue weighted by atomic mass is 35.5. The minimum Gasteiger partial charge on any atom is -0.488 e. The van der Waals surface area contributed by atoms with Crippen LogP contribution in [0.3, 0.4) is 0 Å². The number of ether oxygens (including phenoxy) is 1. The molecule has 0 aliphatic carbocycles. The average molecular weight is 507 g/mol. The summed E-state index contributed by atoms with van der Waals surface area (Å²) in [5.74, 6) is -0.382. The van der Waals surface area contributed by atoms with E-state index in [1.165, 1.54) is 0 Å². The summed E-state index contributed by atoms with van der Waals surface area (Å²) in [4.78, 5) is 39.1. The zero-order valence-corrected chi connectivity index (χ0v) is 20.8. The van der Waals surface area contributed by atoms with E-state index in [2.05, 4.69) is 5.32 Å². The number of halogens is 1. The van der Waals surface area contributed by atoms with Gasteiger partial charge in [-0.1, -0.05) is 48.0 Å². The molecule has 3 aromatic carbocycles. The molecule has 8 heteroatoms. The number of carbonyl (C=O) groups excluding carboxylic acids is 3. The molecule has 3 amide bonds. The summed E-state index contributed by atoms with van der Waals surface area (Å²) in [5.41, 5.74) is 4.36. The van der Waals surface area contributed by atoms with Gasteiger partial charge in [0.05, 0.1) is 4.91 Å². The van der Waals surface area contributed by atoms with Crippen molar-refractivity contribution in [3.63, 3.8) is 0 Å². The molecule has 0 spiro atoms. The highest BCUT2D eigenvalue weighted by molar-refractivity contribution is 8.18. The number of hydrogen-bond donors (Lipinski definition) is 1. The fourth-order valence-electron chi connectivity index (χ4n) is 3.41. The molecule has 4 rings (SSSR count). The van der Waals surface area contributed by atoms with E-state index in [-0.39, 0.29) is 11.4 Å². The summed E-state index contributed by atoms with van der Waals surface area (Å²) in [6.45, 7) is 3.89.